The second-order valence-corrected chi connectivity index (χ2v) is 3.09. The van der Waals surface area contributed by atoms with Gasteiger partial charge in [-0.25, -0.2) is 4.79 Å². The second kappa shape index (κ2) is 10.4. The zero-order chi connectivity index (χ0) is 13.8. The number of carbonyl (C=O) groups excluding carboxylic acids is 2. The molecule has 0 aromatic carbocycles. The molecule has 0 aromatic rings. The largest absolute Gasteiger partial charge is 0.478 e. The van der Waals surface area contributed by atoms with E-state index in [1.54, 1.807) is 0 Å². The lowest BCUT2D eigenvalue weighted by Crippen LogP contribution is -2.09. The van der Waals surface area contributed by atoms with Gasteiger partial charge in [0.05, 0.1) is 12.5 Å². The van der Waals surface area contributed by atoms with E-state index in [9.17, 15) is 14.4 Å². The summed E-state index contributed by atoms with van der Waals surface area (Å²) in [6.07, 6.45) is -0.0327. The van der Waals surface area contributed by atoms with Gasteiger partial charge in [-0.1, -0.05) is 6.58 Å². The Morgan fingerprint density at radius 1 is 1.35 bits per heavy atom. The predicted octanol–water partition coefficient (Wildman–Crippen LogP) is 1.07. The van der Waals surface area contributed by atoms with Gasteiger partial charge in [-0.05, 0) is 13.8 Å². The Morgan fingerprint density at radius 2 is 1.82 bits per heavy atom. The Kier molecular flexibility index (Phi) is 10.5. The van der Waals surface area contributed by atoms with Crippen LogP contribution in [0.2, 0.25) is 0 Å². The molecule has 94 valence electrons. The van der Waals surface area contributed by atoms with Crippen molar-refractivity contribution in [3.05, 3.63) is 12.2 Å². The monoisotopic (exact) mass is 241 g/mol. The number of carbonyl (C=O) groups is 3. The molecule has 0 rings (SSSR count). The van der Waals surface area contributed by atoms with Crippen molar-refractivity contribution in [3.63, 3.8) is 0 Å². The van der Waals surface area contributed by atoms with E-state index < -0.39 is 11.9 Å². The maximum atomic E-state index is 10.6. The normalized spacial score (nSPS) is 8.06. The number of ketones is 1. The molecule has 0 aliphatic heterocycles. The summed E-state index contributed by atoms with van der Waals surface area (Å²) in [5.41, 5.74) is 0.176. The number of aliphatic carboxylic acids is 1. The zero-order valence-corrected chi connectivity index (χ0v) is 9.86. The number of hydrogen-bond donors (Lipinski definition) is 1. The van der Waals surface area contributed by atoms with Crippen LogP contribution in [0.1, 0.15) is 26.7 Å². The second-order valence-electron chi connectivity index (χ2n) is 3.09. The number of ether oxygens (including phenoxy) is 1. The molecule has 0 atom stereocenters. The molecule has 0 saturated carbocycles. The Bertz CT molecular complexity index is 328. The Balaban J connectivity index is 0. The van der Waals surface area contributed by atoms with E-state index in [4.69, 9.17) is 10.4 Å². The minimum absolute atomic E-state index is 0.0720. The molecule has 0 saturated heterocycles. The van der Waals surface area contributed by atoms with Crippen molar-refractivity contribution in [1.82, 2.24) is 0 Å². The van der Waals surface area contributed by atoms with Crippen LogP contribution in [0.5, 0.6) is 0 Å². The highest BCUT2D eigenvalue weighted by Gasteiger charge is 2.04. The van der Waals surface area contributed by atoms with Gasteiger partial charge in [0.1, 0.15) is 18.8 Å². The molecular formula is C11H15NO5. The summed E-state index contributed by atoms with van der Waals surface area (Å²) in [4.78, 5) is 30.5. The number of esters is 1. The number of nitriles is 1. The first-order chi connectivity index (χ1) is 7.81. The lowest BCUT2D eigenvalue weighted by molar-refractivity contribution is -0.145. The van der Waals surface area contributed by atoms with Gasteiger partial charge >= 0.3 is 11.9 Å². The third-order valence-corrected chi connectivity index (χ3v) is 1.24. The number of carboxylic acid groups (broad SMARTS) is 1. The van der Waals surface area contributed by atoms with E-state index in [-0.39, 0.29) is 30.8 Å². The van der Waals surface area contributed by atoms with E-state index in [2.05, 4.69) is 11.3 Å². The zero-order valence-electron chi connectivity index (χ0n) is 9.86. The minimum atomic E-state index is -0.935. The van der Waals surface area contributed by atoms with Gasteiger partial charge in [-0.15, -0.1) is 0 Å². The molecule has 17 heavy (non-hydrogen) atoms. The van der Waals surface area contributed by atoms with Crippen LogP contribution in [0.4, 0.5) is 0 Å². The summed E-state index contributed by atoms with van der Waals surface area (Å²) in [7, 11) is 0. The van der Waals surface area contributed by atoms with Crippen LogP contribution in [0.3, 0.4) is 0 Å². The van der Waals surface area contributed by atoms with Crippen LogP contribution in [-0.4, -0.2) is 29.4 Å². The molecular weight excluding hydrogens is 226 g/mol. The third kappa shape index (κ3) is 16.5. The van der Waals surface area contributed by atoms with Crippen molar-refractivity contribution < 1.29 is 24.2 Å². The van der Waals surface area contributed by atoms with Crippen molar-refractivity contribution in [2.75, 3.05) is 6.61 Å². The molecule has 0 spiro atoms. The van der Waals surface area contributed by atoms with Crippen molar-refractivity contribution in [2.24, 2.45) is 0 Å². The van der Waals surface area contributed by atoms with Gasteiger partial charge < -0.3 is 9.84 Å². The fraction of sp³-hybridized carbons (Fsp3) is 0.455. The molecule has 0 aliphatic carbocycles. The van der Waals surface area contributed by atoms with Gasteiger partial charge in [0.15, 0.2) is 0 Å². The van der Waals surface area contributed by atoms with Gasteiger partial charge in [-0.3, -0.25) is 9.59 Å². The smallest absolute Gasteiger partial charge is 0.330 e. The lowest BCUT2D eigenvalue weighted by atomic mass is 10.3. The summed E-state index contributed by atoms with van der Waals surface area (Å²) in [6, 6.07) is 1.81. The molecule has 1 N–H and O–H groups in total. The molecule has 0 radical (unpaired) electrons. The van der Waals surface area contributed by atoms with Crippen molar-refractivity contribution in [3.8, 4) is 6.07 Å². The van der Waals surface area contributed by atoms with Crippen LogP contribution < -0.4 is 0 Å². The highest BCUT2D eigenvalue weighted by Crippen LogP contribution is 1.88. The van der Waals surface area contributed by atoms with Crippen LogP contribution in [-0.2, 0) is 19.1 Å². The summed E-state index contributed by atoms with van der Waals surface area (Å²) >= 11 is 0. The van der Waals surface area contributed by atoms with E-state index in [0.717, 1.165) is 0 Å². The molecule has 0 bridgehead atoms. The van der Waals surface area contributed by atoms with Gasteiger partial charge in [-0.2, -0.15) is 5.26 Å². The fourth-order valence-corrected chi connectivity index (χ4v) is 0.465. The van der Waals surface area contributed by atoms with Crippen LogP contribution in [0.25, 0.3) is 0 Å². The maximum absolute atomic E-state index is 10.6. The van der Waals surface area contributed by atoms with E-state index in [1.807, 2.05) is 6.07 Å². The first kappa shape index (κ1) is 17.2. The SMILES string of the molecule is C=C(C)C(=O)O.CC(=O)CC(=O)OCCC#N. The van der Waals surface area contributed by atoms with Gasteiger partial charge in [0, 0.05) is 5.57 Å². The molecule has 6 heteroatoms. The molecule has 0 fully saturated rings. The summed E-state index contributed by atoms with van der Waals surface area (Å²) in [5, 5.41) is 15.9. The fourth-order valence-electron chi connectivity index (χ4n) is 0.465. The van der Waals surface area contributed by atoms with E-state index >= 15 is 0 Å². The molecule has 6 nitrogen and oxygen atoms in total. The van der Waals surface area contributed by atoms with E-state index in [1.165, 1.54) is 13.8 Å². The average Bonchev–Trinajstić information content (AvgIpc) is 2.17. The minimum Gasteiger partial charge on any atom is -0.478 e. The van der Waals surface area contributed by atoms with Gasteiger partial charge in [0.2, 0.25) is 0 Å². The van der Waals surface area contributed by atoms with E-state index in [0.29, 0.717) is 0 Å². The van der Waals surface area contributed by atoms with Crippen molar-refractivity contribution >= 4 is 17.7 Å². The van der Waals surface area contributed by atoms with Crippen LogP contribution in [0, 0.1) is 11.3 Å². The maximum Gasteiger partial charge on any atom is 0.330 e. The highest BCUT2D eigenvalue weighted by molar-refractivity contribution is 5.94. The lowest BCUT2D eigenvalue weighted by Gasteiger charge is -1.98. The summed E-state index contributed by atoms with van der Waals surface area (Å²) in [5.74, 6) is -1.73. The molecule has 0 aromatic heterocycles. The molecule has 0 amide bonds. The number of Topliss-reactive ketones (excluding diaryl/α,β-unsaturated/α-hetero) is 1. The first-order valence-corrected chi connectivity index (χ1v) is 4.72. The Labute approximate surface area is 99.5 Å². The number of rotatable bonds is 5. The third-order valence-electron chi connectivity index (χ3n) is 1.24. The predicted molar refractivity (Wildman–Crippen MR) is 58.9 cm³/mol. The van der Waals surface area contributed by atoms with Gasteiger partial charge in [0.25, 0.3) is 0 Å². The van der Waals surface area contributed by atoms with Crippen molar-refractivity contribution in [1.29, 1.82) is 5.26 Å². The Morgan fingerprint density at radius 3 is 2.12 bits per heavy atom. The average molecular weight is 241 g/mol. The van der Waals surface area contributed by atoms with Crippen molar-refractivity contribution in [2.45, 2.75) is 26.7 Å². The Hall–Kier alpha value is -2.16. The number of hydrogen-bond acceptors (Lipinski definition) is 5. The molecule has 0 aliphatic rings. The summed E-state index contributed by atoms with van der Waals surface area (Å²) in [6.45, 7) is 5.98. The number of nitrogens with zero attached hydrogens (tertiary/aromatic N) is 1. The van der Waals surface area contributed by atoms with Crippen LogP contribution >= 0.6 is 0 Å². The van der Waals surface area contributed by atoms with Crippen LogP contribution in [0.15, 0.2) is 12.2 Å². The summed E-state index contributed by atoms with van der Waals surface area (Å²) < 4.78 is 4.51. The number of carboxylic acids is 1. The quantitative estimate of drug-likeness (QED) is 0.334. The topological polar surface area (TPSA) is 104 Å². The molecule has 0 heterocycles. The first-order valence-electron chi connectivity index (χ1n) is 4.72. The standard InChI is InChI=1S/C7H9NO3.C4H6O2/c1-6(9)5-7(10)11-4-2-3-8;1-3(2)4(5)6/h2,4-5H2,1H3;1H2,2H3,(H,5,6). The molecule has 0 unspecified atom stereocenters. The highest BCUT2D eigenvalue weighted by atomic mass is 16.5.